The van der Waals surface area contributed by atoms with Crippen LogP contribution in [-0.4, -0.2) is 9.55 Å². The number of imidazole rings is 1. The van der Waals surface area contributed by atoms with Crippen molar-refractivity contribution in [3.05, 3.63) is 126 Å². The lowest BCUT2D eigenvalue weighted by atomic mass is 9.93. The van der Waals surface area contributed by atoms with Crippen LogP contribution in [0.25, 0.3) is 21.9 Å². The summed E-state index contributed by atoms with van der Waals surface area (Å²) in [5.41, 5.74) is 6.06. The molecule has 0 aliphatic carbocycles. The summed E-state index contributed by atoms with van der Waals surface area (Å²) < 4.78 is 8.51. The molecule has 0 saturated heterocycles. The fourth-order valence-electron chi connectivity index (χ4n) is 4.60. The van der Waals surface area contributed by atoms with Gasteiger partial charge in [-0.1, -0.05) is 78.9 Å². The van der Waals surface area contributed by atoms with Gasteiger partial charge in [0.1, 0.15) is 0 Å². The molecule has 1 atom stereocenters. The molecule has 0 spiro atoms. The van der Waals surface area contributed by atoms with E-state index < -0.39 is 0 Å². The average Bonchev–Trinajstić information content (AvgIpc) is 3.34. The van der Waals surface area contributed by atoms with Crippen LogP contribution in [0.5, 0.6) is 0 Å². The Morgan fingerprint density at radius 3 is 2.44 bits per heavy atom. The highest BCUT2D eigenvalue weighted by Gasteiger charge is 2.17. The number of ether oxygens (including phenoxy) is 1. The summed E-state index contributed by atoms with van der Waals surface area (Å²) >= 11 is 0. The first-order valence-corrected chi connectivity index (χ1v) is 11.9. The molecule has 0 radical (unpaired) electrons. The molecule has 5 heteroatoms. The lowest BCUT2D eigenvalue weighted by molar-refractivity contribution is 0.0295. The molecular weight excluding hydrogens is 466 g/mol. The lowest BCUT2D eigenvalue weighted by Gasteiger charge is -2.19. The SMILES string of the molecule is Cl.Cn1cncc1C(CCc1ccccc1)OCc1ccc(C#N)c(-c2cccc3ccccc23)c1. The minimum Gasteiger partial charge on any atom is -0.367 e. The van der Waals surface area contributed by atoms with Gasteiger partial charge in [0.2, 0.25) is 0 Å². The molecule has 0 saturated carbocycles. The predicted octanol–water partition coefficient (Wildman–Crippen LogP) is 7.42. The Morgan fingerprint density at radius 1 is 0.889 bits per heavy atom. The van der Waals surface area contributed by atoms with Crippen LogP contribution in [0, 0.1) is 11.3 Å². The number of fused-ring (bicyclic) bond motifs is 1. The minimum atomic E-state index is -0.0839. The Labute approximate surface area is 218 Å². The predicted molar refractivity (Wildman–Crippen MR) is 147 cm³/mol. The van der Waals surface area contributed by atoms with Crippen LogP contribution in [0.1, 0.15) is 34.9 Å². The summed E-state index contributed by atoms with van der Waals surface area (Å²) in [6, 6.07) is 33.3. The van der Waals surface area contributed by atoms with Crippen LogP contribution in [0.15, 0.2) is 104 Å². The molecule has 1 aromatic heterocycles. The van der Waals surface area contributed by atoms with Gasteiger partial charge in [0.25, 0.3) is 0 Å². The Morgan fingerprint density at radius 2 is 1.67 bits per heavy atom. The molecule has 36 heavy (non-hydrogen) atoms. The van der Waals surface area contributed by atoms with Crippen molar-refractivity contribution in [2.24, 2.45) is 7.05 Å². The first-order chi connectivity index (χ1) is 17.2. The van der Waals surface area contributed by atoms with Crippen LogP contribution < -0.4 is 0 Å². The molecule has 0 bridgehead atoms. The van der Waals surface area contributed by atoms with Crippen molar-refractivity contribution in [2.75, 3.05) is 0 Å². The zero-order chi connectivity index (χ0) is 24.0. The summed E-state index contributed by atoms with van der Waals surface area (Å²) in [5.74, 6) is 0. The number of nitrogens with zero attached hydrogens (tertiary/aromatic N) is 3. The zero-order valence-corrected chi connectivity index (χ0v) is 21.0. The summed E-state index contributed by atoms with van der Waals surface area (Å²) in [4.78, 5) is 4.30. The van der Waals surface area contributed by atoms with Crippen LogP contribution in [0.2, 0.25) is 0 Å². The zero-order valence-electron chi connectivity index (χ0n) is 20.2. The molecule has 0 amide bonds. The number of halogens is 1. The number of benzene rings is 4. The average molecular weight is 494 g/mol. The standard InChI is InChI=1S/C31H27N3O.ClH/c1-34-22-33-20-30(34)31(17-15-23-8-3-2-4-9-23)35-21-24-14-16-26(19-32)29(18-24)28-13-7-11-25-10-5-6-12-27(25)28;/h2-14,16,18,20,22,31H,15,17,21H2,1H3;1H. The van der Waals surface area contributed by atoms with Crippen molar-refractivity contribution in [1.29, 1.82) is 5.26 Å². The van der Waals surface area contributed by atoms with Gasteiger partial charge in [0.15, 0.2) is 0 Å². The number of aromatic nitrogens is 2. The third-order valence-corrected chi connectivity index (χ3v) is 6.46. The van der Waals surface area contributed by atoms with Gasteiger partial charge in [0.05, 0.1) is 42.6 Å². The number of hydrogen-bond acceptors (Lipinski definition) is 3. The first-order valence-electron chi connectivity index (χ1n) is 11.9. The Bertz CT molecular complexity index is 1480. The molecule has 1 heterocycles. The number of nitriles is 1. The van der Waals surface area contributed by atoms with Crippen molar-refractivity contribution < 1.29 is 4.74 Å². The molecule has 0 aliphatic heterocycles. The maximum absolute atomic E-state index is 9.80. The van der Waals surface area contributed by atoms with Crippen LogP contribution in [-0.2, 0) is 24.8 Å². The van der Waals surface area contributed by atoms with Gasteiger partial charge < -0.3 is 9.30 Å². The fourth-order valence-corrected chi connectivity index (χ4v) is 4.60. The van der Waals surface area contributed by atoms with E-state index in [9.17, 15) is 5.26 Å². The van der Waals surface area contributed by atoms with Gasteiger partial charge in [-0.15, -0.1) is 12.4 Å². The van der Waals surface area contributed by atoms with E-state index >= 15 is 0 Å². The van der Waals surface area contributed by atoms with Crippen LogP contribution >= 0.6 is 12.4 Å². The number of rotatable bonds is 8. The van der Waals surface area contributed by atoms with Gasteiger partial charge in [-0.2, -0.15) is 5.26 Å². The normalized spacial score (nSPS) is 11.6. The fraction of sp³-hybridized carbons (Fsp3) is 0.161. The molecule has 0 fully saturated rings. The van der Waals surface area contributed by atoms with Crippen LogP contribution in [0.3, 0.4) is 0 Å². The topological polar surface area (TPSA) is 50.8 Å². The third-order valence-electron chi connectivity index (χ3n) is 6.46. The summed E-state index contributed by atoms with van der Waals surface area (Å²) in [5, 5.41) is 12.1. The summed E-state index contributed by atoms with van der Waals surface area (Å²) in [6.07, 6.45) is 5.39. The van der Waals surface area contributed by atoms with Gasteiger partial charge in [-0.3, -0.25) is 0 Å². The Kier molecular flexibility index (Phi) is 8.17. The van der Waals surface area contributed by atoms with Crippen molar-refractivity contribution in [3.63, 3.8) is 0 Å². The lowest BCUT2D eigenvalue weighted by Crippen LogP contribution is -2.10. The largest absolute Gasteiger partial charge is 0.367 e. The highest BCUT2D eigenvalue weighted by Crippen LogP contribution is 2.32. The molecule has 1 unspecified atom stereocenters. The number of aryl methyl sites for hydroxylation is 2. The molecule has 5 aromatic rings. The van der Waals surface area contributed by atoms with E-state index in [-0.39, 0.29) is 18.5 Å². The number of hydrogen-bond donors (Lipinski definition) is 0. The van der Waals surface area contributed by atoms with E-state index in [4.69, 9.17) is 4.74 Å². The third kappa shape index (κ3) is 5.49. The molecular formula is C31H28ClN3O. The van der Waals surface area contributed by atoms with Crippen molar-refractivity contribution in [1.82, 2.24) is 9.55 Å². The van der Waals surface area contributed by atoms with E-state index in [2.05, 4.69) is 65.7 Å². The van der Waals surface area contributed by atoms with E-state index in [0.717, 1.165) is 46.0 Å². The highest BCUT2D eigenvalue weighted by molar-refractivity contribution is 5.97. The molecule has 4 aromatic carbocycles. The molecule has 4 nitrogen and oxygen atoms in total. The highest BCUT2D eigenvalue weighted by atomic mass is 35.5. The maximum Gasteiger partial charge on any atom is 0.0998 e. The smallest absolute Gasteiger partial charge is 0.0998 e. The Balaban J connectivity index is 0.00000304. The van der Waals surface area contributed by atoms with Gasteiger partial charge in [0, 0.05) is 12.6 Å². The second kappa shape index (κ2) is 11.7. The van der Waals surface area contributed by atoms with E-state index in [0.29, 0.717) is 12.2 Å². The van der Waals surface area contributed by atoms with Gasteiger partial charge >= 0.3 is 0 Å². The summed E-state index contributed by atoms with van der Waals surface area (Å²) in [6.45, 7) is 0.452. The van der Waals surface area contributed by atoms with E-state index in [1.54, 1.807) is 0 Å². The van der Waals surface area contributed by atoms with Crippen LogP contribution in [0.4, 0.5) is 0 Å². The first kappa shape index (κ1) is 25.2. The van der Waals surface area contributed by atoms with Gasteiger partial charge in [-0.05, 0) is 52.4 Å². The molecule has 0 N–H and O–H groups in total. The summed E-state index contributed by atoms with van der Waals surface area (Å²) in [7, 11) is 2.00. The van der Waals surface area contributed by atoms with Gasteiger partial charge in [-0.25, -0.2) is 4.98 Å². The second-order valence-corrected chi connectivity index (χ2v) is 8.77. The quantitative estimate of drug-likeness (QED) is 0.226. The second-order valence-electron chi connectivity index (χ2n) is 8.77. The van der Waals surface area contributed by atoms with Crippen molar-refractivity contribution in [3.8, 4) is 17.2 Å². The van der Waals surface area contributed by atoms with E-state index in [1.165, 1.54) is 5.56 Å². The van der Waals surface area contributed by atoms with Crippen molar-refractivity contribution in [2.45, 2.75) is 25.6 Å². The molecule has 180 valence electrons. The Hall–Kier alpha value is -3.91. The van der Waals surface area contributed by atoms with E-state index in [1.807, 2.05) is 60.5 Å². The molecule has 0 aliphatic rings. The minimum absolute atomic E-state index is 0. The monoisotopic (exact) mass is 493 g/mol. The maximum atomic E-state index is 9.80. The van der Waals surface area contributed by atoms with Crippen molar-refractivity contribution >= 4 is 23.2 Å². The molecule has 5 rings (SSSR count).